The van der Waals surface area contributed by atoms with E-state index in [0.29, 0.717) is 11.3 Å². The lowest BCUT2D eigenvalue weighted by Gasteiger charge is -2.42. The number of carboxylic acids is 1. The topological polar surface area (TPSA) is 151 Å². The van der Waals surface area contributed by atoms with Gasteiger partial charge in [-0.25, -0.2) is 9.78 Å². The average molecular weight is 424 g/mol. The molecule has 160 valence electrons. The molecule has 1 aliphatic carbocycles. The third-order valence-corrected chi connectivity index (χ3v) is 6.18. The molecule has 1 amide bonds. The van der Waals surface area contributed by atoms with Crippen LogP contribution in [0.3, 0.4) is 0 Å². The van der Waals surface area contributed by atoms with Gasteiger partial charge in [0, 0.05) is 17.3 Å². The Kier molecular flexibility index (Phi) is 4.35. The van der Waals surface area contributed by atoms with Crippen LogP contribution in [0, 0.1) is 0 Å². The van der Waals surface area contributed by atoms with Gasteiger partial charge in [0.25, 0.3) is 0 Å². The van der Waals surface area contributed by atoms with E-state index in [1.807, 2.05) is 12.2 Å². The van der Waals surface area contributed by atoms with E-state index in [1.54, 1.807) is 24.0 Å². The summed E-state index contributed by atoms with van der Waals surface area (Å²) >= 11 is 0. The average Bonchev–Trinajstić information content (AvgIpc) is 3.19. The Bertz CT molecular complexity index is 1080. The molecule has 0 radical (unpaired) electrons. The number of nitrogens with zero attached hydrogens (tertiary/aromatic N) is 2. The molecule has 1 saturated heterocycles. The van der Waals surface area contributed by atoms with Gasteiger partial charge in [0.15, 0.2) is 0 Å². The summed E-state index contributed by atoms with van der Waals surface area (Å²) in [5, 5.41) is 19.9. The first-order valence-electron chi connectivity index (χ1n) is 9.94. The molecule has 0 saturated carbocycles. The van der Waals surface area contributed by atoms with Gasteiger partial charge in [-0.05, 0) is 13.0 Å². The minimum atomic E-state index is -1.25. The van der Waals surface area contributed by atoms with Crippen molar-refractivity contribution < 1.29 is 29.1 Å². The molecule has 1 aromatic carbocycles. The maximum absolute atomic E-state index is 12.8. The summed E-state index contributed by atoms with van der Waals surface area (Å²) in [6.07, 6.45) is 6.34. The summed E-state index contributed by atoms with van der Waals surface area (Å²) in [5.74, 6) is -1.47. The van der Waals surface area contributed by atoms with Gasteiger partial charge in [0.2, 0.25) is 5.91 Å². The molecule has 1 aromatic heterocycles. The van der Waals surface area contributed by atoms with Crippen molar-refractivity contribution in [1.29, 1.82) is 0 Å². The van der Waals surface area contributed by atoms with Crippen LogP contribution in [0.5, 0.6) is 11.5 Å². The van der Waals surface area contributed by atoms with Crippen LogP contribution in [0.15, 0.2) is 36.8 Å². The highest BCUT2D eigenvalue weighted by Gasteiger charge is 2.46. The predicted molar refractivity (Wildman–Crippen MR) is 109 cm³/mol. The number of aromatic nitrogens is 2. The number of rotatable bonds is 5. The van der Waals surface area contributed by atoms with Gasteiger partial charge in [-0.15, -0.1) is 0 Å². The van der Waals surface area contributed by atoms with Crippen molar-refractivity contribution in [1.82, 2.24) is 14.9 Å². The highest BCUT2D eigenvalue weighted by Crippen LogP contribution is 2.51. The Morgan fingerprint density at radius 2 is 2.16 bits per heavy atom. The highest BCUT2D eigenvalue weighted by molar-refractivity contribution is 6.48. The SMILES string of the molecule is CC(N)(C(=O)N1CC(Oc2ccc3c(c2C(=O)O)OB(O)[C@@H]2C=C[C@H]32)C1)c1cnc[nH]1. The Morgan fingerprint density at radius 3 is 2.77 bits per heavy atom. The second kappa shape index (κ2) is 6.86. The maximum Gasteiger partial charge on any atom is 0.530 e. The molecular weight excluding hydrogens is 403 g/mol. The van der Waals surface area contributed by atoms with Crippen LogP contribution in [-0.2, 0) is 10.3 Å². The van der Waals surface area contributed by atoms with E-state index in [1.165, 1.54) is 12.5 Å². The molecule has 3 aliphatic rings. The second-order valence-electron chi connectivity index (χ2n) is 8.28. The molecule has 3 heterocycles. The molecule has 5 rings (SSSR count). The molecule has 0 bridgehead atoms. The van der Waals surface area contributed by atoms with Crippen LogP contribution >= 0.6 is 0 Å². The van der Waals surface area contributed by atoms with E-state index in [0.717, 1.165) is 0 Å². The number of nitrogens with one attached hydrogen (secondary N) is 1. The van der Waals surface area contributed by atoms with Gasteiger partial charge in [0.05, 0.1) is 31.3 Å². The van der Waals surface area contributed by atoms with Gasteiger partial charge >= 0.3 is 13.1 Å². The maximum atomic E-state index is 12.8. The molecule has 1 fully saturated rings. The normalized spacial score (nSPS) is 23.6. The number of carboxylic acid groups (broad SMARTS) is 1. The van der Waals surface area contributed by atoms with Crippen LogP contribution in [0.1, 0.15) is 34.5 Å². The zero-order valence-electron chi connectivity index (χ0n) is 16.7. The molecule has 1 unspecified atom stereocenters. The summed E-state index contributed by atoms with van der Waals surface area (Å²) in [6, 6.07) is 3.37. The van der Waals surface area contributed by atoms with Gasteiger partial charge in [-0.3, -0.25) is 4.79 Å². The number of hydrogen-bond acceptors (Lipinski definition) is 7. The minimum Gasteiger partial charge on any atom is -0.535 e. The standard InChI is InChI=1S/C20H21BN4O6/c1-20(22,15-6-23-9-24-15)19(28)25-7-10(8-25)30-14-5-3-12-11-2-4-13(11)21(29)31-17(12)16(14)18(26)27/h2-6,9-11,13,29H,7-8,22H2,1H3,(H,23,24)(H,26,27)/t11-,13-,20?/m1/s1. The Morgan fingerprint density at radius 1 is 1.39 bits per heavy atom. The molecule has 11 heteroatoms. The first-order valence-corrected chi connectivity index (χ1v) is 9.94. The molecule has 2 aliphatic heterocycles. The summed E-state index contributed by atoms with van der Waals surface area (Å²) in [7, 11) is -1.10. The third kappa shape index (κ3) is 3.00. The highest BCUT2D eigenvalue weighted by atomic mass is 16.5. The van der Waals surface area contributed by atoms with Crippen LogP contribution in [0.2, 0.25) is 5.82 Å². The van der Waals surface area contributed by atoms with E-state index in [4.69, 9.17) is 15.1 Å². The molecule has 2 aromatic rings. The summed E-state index contributed by atoms with van der Waals surface area (Å²) in [4.78, 5) is 33.1. The zero-order chi connectivity index (χ0) is 21.9. The number of aromatic amines is 1. The van der Waals surface area contributed by atoms with Gasteiger partial charge in [-0.2, -0.15) is 0 Å². The number of nitrogens with two attached hydrogens (primary N) is 1. The molecule has 0 spiro atoms. The van der Waals surface area contributed by atoms with Crippen molar-refractivity contribution >= 4 is 19.0 Å². The molecule has 10 nitrogen and oxygen atoms in total. The number of allylic oxidation sites excluding steroid dienone is 2. The van der Waals surface area contributed by atoms with E-state index in [-0.39, 0.29) is 53.9 Å². The van der Waals surface area contributed by atoms with Gasteiger partial charge < -0.3 is 35.1 Å². The number of hydrogen-bond donors (Lipinski definition) is 4. The number of amides is 1. The van der Waals surface area contributed by atoms with Crippen molar-refractivity contribution in [3.63, 3.8) is 0 Å². The molecular formula is C20H21BN4O6. The Labute approximate surface area is 177 Å². The Balaban J connectivity index is 1.32. The number of carbonyl (C=O) groups excluding carboxylic acids is 1. The minimum absolute atomic E-state index is 0.0765. The monoisotopic (exact) mass is 424 g/mol. The number of carbonyl (C=O) groups is 2. The summed E-state index contributed by atoms with van der Waals surface area (Å²) in [5.41, 5.74) is 6.03. The molecule has 31 heavy (non-hydrogen) atoms. The number of aromatic carboxylic acids is 1. The smallest absolute Gasteiger partial charge is 0.530 e. The quantitative estimate of drug-likeness (QED) is 0.400. The van der Waals surface area contributed by atoms with Crippen molar-refractivity contribution in [2.75, 3.05) is 13.1 Å². The van der Waals surface area contributed by atoms with Crippen molar-refractivity contribution in [3.8, 4) is 11.5 Å². The van der Waals surface area contributed by atoms with E-state index < -0.39 is 18.6 Å². The van der Waals surface area contributed by atoms with Gasteiger partial charge in [0.1, 0.15) is 28.7 Å². The number of fused-ring (bicyclic) bond motifs is 3. The predicted octanol–water partition coefficient (Wildman–Crippen LogP) is 0.468. The first kappa shape index (κ1) is 19.6. The largest absolute Gasteiger partial charge is 0.535 e. The van der Waals surface area contributed by atoms with Gasteiger partial charge in [-0.1, -0.05) is 18.2 Å². The summed E-state index contributed by atoms with van der Waals surface area (Å²) < 4.78 is 11.4. The number of benzene rings is 1. The number of ether oxygens (including phenoxy) is 1. The lowest BCUT2D eigenvalue weighted by atomic mass is 9.55. The lowest BCUT2D eigenvalue weighted by Crippen LogP contribution is -2.62. The number of imidazole rings is 1. The number of H-pyrrole nitrogens is 1. The van der Waals surface area contributed by atoms with Crippen LogP contribution in [0.25, 0.3) is 0 Å². The van der Waals surface area contributed by atoms with Crippen molar-refractivity contribution in [3.05, 3.63) is 53.6 Å². The zero-order valence-corrected chi connectivity index (χ0v) is 16.7. The van der Waals surface area contributed by atoms with Crippen molar-refractivity contribution in [2.24, 2.45) is 5.73 Å². The van der Waals surface area contributed by atoms with E-state index in [9.17, 15) is 19.7 Å². The van der Waals surface area contributed by atoms with Crippen LogP contribution in [0.4, 0.5) is 0 Å². The van der Waals surface area contributed by atoms with Crippen LogP contribution < -0.4 is 15.1 Å². The fourth-order valence-corrected chi connectivity index (χ4v) is 4.25. The van der Waals surface area contributed by atoms with Crippen molar-refractivity contribution in [2.45, 2.75) is 30.3 Å². The van der Waals surface area contributed by atoms with Crippen LogP contribution in [-0.4, -0.2) is 63.2 Å². The second-order valence-corrected chi connectivity index (χ2v) is 8.28. The fraction of sp³-hybridized carbons (Fsp3) is 0.350. The fourth-order valence-electron chi connectivity index (χ4n) is 4.25. The third-order valence-electron chi connectivity index (χ3n) is 6.18. The summed E-state index contributed by atoms with van der Waals surface area (Å²) in [6.45, 7) is 2.15. The molecule has 3 atom stereocenters. The van der Waals surface area contributed by atoms with E-state index in [2.05, 4.69) is 9.97 Å². The van der Waals surface area contributed by atoms with E-state index >= 15 is 0 Å². The first-order chi connectivity index (χ1) is 14.8. The lowest BCUT2D eigenvalue weighted by molar-refractivity contribution is -0.145. The number of likely N-dealkylation sites (tertiary alicyclic amines) is 1. The Hall–Kier alpha value is -3.31. The molecule has 5 N–H and O–H groups in total.